The van der Waals surface area contributed by atoms with E-state index in [0.717, 1.165) is 17.1 Å². The van der Waals surface area contributed by atoms with Gasteiger partial charge in [0.2, 0.25) is 0 Å². The first-order chi connectivity index (χ1) is 74.5. The molecular formula is C144H96N6. The van der Waals surface area contributed by atoms with E-state index >= 15 is 0 Å². The van der Waals surface area contributed by atoms with Crippen LogP contribution >= 0.6 is 0 Å². The first-order valence-electron chi connectivity index (χ1n) is 51.6. The fourth-order valence-electron chi connectivity index (χ4n) is 23.6. The van der Waals surface area contributed by atoms with Gasteiger partial charge in [-0.1, -0.05) is 431 Å². The average molecular weight is 1910 g/mol. The third-order valence-electron chi connectivity index (χ3n) is 30.4. The number of rotatable bonds is 15. The number of benzene rings is 24. The van der Waals surface area contributed by atoms with Crippen LogP contribution in [0.15, 0.2) is 582 Å². The molecule has 24 aromatic carbocycles. The lowest BCUT2D eigenvalue weighted by Gasteiger charge is -2.18. The topological polar surface area (TPSA) is 29.6 Å². The molecule has 30 aromatic rings. The molecule has 0 fully saturated rings. The molecule has 6 heteroatoms. The van der Waals surface area contributed by atoms with Crippen LogP contribution in [-0.4, -0.2) is 27.4 Å². The summed E-state index contributed by atoms with van der Waals surface area (Å²) in [5.74, 6) is 0. The van der Waals surface area contributed by atoms with Gasteiger partial charge in [0.15, 0.2) is 0 Å². The van der Waals surface area contributed by atoms with Crippen LogP contribution in [0.5, 0.6) is 0 Å². The van der Waals surface area contributed by atoms with E-state index in [1.165, 1.54) is 248 Å². The largest absolute Gasteiger partial charge is 0.309 e. The molecular weight excluding hydrogens is 1810 g/mol. The van der Waals surface area contributed by atoms with Crippen molar-refractivity contribution in [1.82, 2.24) is 27.4 Å². The highest BCUT2D eigenvalue weighted by atomic mass is 15.0. The number of para-hydroxylation sites is 9. The first kappa shape index (κ1) is 87.8. The number of aromatic nitrogens is 6. The maximum atomic E-state index is 2.46. The average Bonchev–Trinajstić information content (AvgIpc) is 1.58. The lowest BCUT2D eigenvalue weighted by Crippen LogP contribution is -1.99. The van der Waals surface area contributed by atoms with Crippen molar-refractivity contribution in [2.24, 2.45) is 0 Å². The van der Waals surface area contributed by atoms with Gasteiger partial charge in [-0.2, -0.15) is 0 Å². The van der Waals surface area contributed by atoms with E-state index in [1.54, 1.807) is 0 Å². The van der Waals surface area contributed by atoms with Gasteiger partial charge >= 0.3 is 0 Å². The summed E-state index contributed by atoms with van der Waals surface area (Å²) < 4.78 is 14.5. The van der Waals surface area contributed by atoms with Crippen molar-refractivity contribution in [2.75, 3.05) is 0 Å². The van der Waals surface area contributed by atoms with Crippen molar-refractivity contribution in [3.63, 3.8) is 0 Å². The summed E-state index contributed by atoms with van der Waals surface area (Å²) in [6, 6.07) is 211. The number of fused-ring (bicyclic) bond motifs is 18. The number of hydrogen-bond acceptors (Lipinski definition) is 0. The van der Waals surface area contributed by atoms with Crippen molar-refractivity contribution in [1.29, 1.82) is 0 Å². The van der Waals surface area contributed by atoms with E-state index in [9.17, 15) is 0 Å². The summed E-state index contributed by atoms with van der Waals surface area (Å²) in [4.78, 5) is 0. The molecule has 150 heavy (non-hydrogen) atoms. The minimum atomic E-state index is 1.16. The Balaban J connectivity index is 0.000000108. The molecule has 0 unspecified atom stereocenters. The van der Waals surface area contributed by atoms with Gasteiger partial charge in [-0.25, -0.2) is 0 Å². The third kappa shape index (κ3) is 15.3. The second kappa shape index (κ2) is 37.4. The summed E-state index contributed by atoms with van der Waals surface area (Å²) in [5, 5.41) is 15.1. The number of nitrogens with zero attached hydrogens (tertiary/aromatic N) is 6. The molecule has 30 rings (SSSR count). The highest BCUT2D eigenvalue weighted by Gasteiger charge is 2.26. The van der Waals surface area contributed by atoms with Crippen molar-refractivity contribution in [3.05, 3.63) is 582 Å². The van der Waals surface area contributed by atoms with E-state index in [1.807, 2.05) is 0 Å². The van der Waals surface area contributed by atoms with Crippen LogP contribution in [0, 0.1) is 0 Å². The summed E-state index contributed by atoms with van der Waals surface area (Å²) in [5.41, 5.74) is 43.1. The standard InChI is InChI=1S/3C48H32N2/c1-3-15-33(16-4-1)38-24-14-28-47(48(38)34-17-5-2-6-18-34)50-45-27-12-9-23-41(45)42-32-36(29-30-46(42)50)35-19-13-20-37(31-35)49-43-25-10-7-21-39(43)40-22-8-11-26-44(40)49;1-3-14-33(15-4-1)37-26-28-39(34-16-5-2-6-17-34)48(32-37)50-46-25-12-9-22-42(46)43-31-36(27-29-47(43)50)35-18-13-19-38(30-35)49-44-23-10-7-20-40(44)41-21-8-11-24-45(41)49;1-3-14-33(15-4-1)36-26-28-47(42(31-36)34-16-5-2-6-17-34)50-46-25-12-9-22-41(46)43-32-37(27-29-48(43)50)35-18-13-19-38(30-35)49-44-23-10-7-20-39(44)40-21-8-11-24-45(40)49/h3*1-32H. The molecule has 0 bridgehead atoms. The van der Waals surface area contributed by atoms with Gasteiger partial charge in [0.1, 0.15) is 0 Å². The fraction of sp³-hybridized carbons (Fsp3) is 0. The van der Waals surface area contributed by atoms with Crippen LogP contribution in [0.4, 0.5) is 0 Å². The normalized spacial score (nSPS) is 11.6. The molecule has 0 saturated carbocycles. The summed E-state index contributed by atoms with van der Waals surface area (Å²) >= 11 is 0. The first-order valence-corrected chi connectivity index (χ1v) is 51.6. The Hall–Kier alpha value is -19.9. The van der Waals surface area contributed by atoms with Gasteiger partial charge in [0.05, 0.1) is 83.3 Å². The van der Waals surface area contributed by atoms with Crippen LogP contribution in [0.3, 0.4) is 0 Å². The zero-order valence-corrected chi connectivity index (χ0v) is 82.1. The smallest absolute Gasteiger partial charge is 0.0546 e. The Bertz CT molecular complexity index is 10000. The van der Waals surface area contributed by atoms with Crippen molar-refractivity contribution < 1.29 is 0 Å². The van der Waals surface area contributed by atoms with Gasteiger partial charge in [-0.3, -0.25) is 0 Å². The molecule has 6 aromatic heterocycles. The molecule has 0 spiro atoms. The Morgan fingerprint density at radius 3 is 0.667 bits per heavy atom. The molecule has 6 heterocycles. The zero-order chi connectivity index (χ0) is 99.1. The highest BCUT2D eigenvalue weighted by molar-refractivity contribution is 6.17. The maximum Gasteiger partial charge on any atom is 0.0546 e. The van der Waals surface area contributed by atoms with Crippen LogP contribution in [0.2, 0.25) is 0 Å². The minimum Gasteiger partial charge on any atom is -0.309 e. The number of hydrogen-bond donors (Lipinski definition) is 0. The summed E-state index contributed by atoms with van der Waals surface area (Å²) in [7, 11) is 0. The Morgan fingerprint density at radius 2 is 0.320 bits per heavy atom. The van der Waals surface area contributed by atoms with Crippen molar-refractivity contribution in [2.45, 2.75) is 0 Å². The Morgan fingerprint density at radius 1 is 0.0933 bits per heavy atom. The second-order valence-corrected chi connectivity index (χ2v) is 38.9. The van der Waals surface area contributed by atoms with Gasteiger partial charge in [0, 0.05) is 98.4 Å². The lowest BCUT2D eigenvalue weighted by molar-refractivity contribution is 1.18. The predicted molar refractivity (Wildman–Crippen MR) is 634 cm³/mol. The summed E-state index contributed by atoms with van der Waals surface area (Å²) in [6.45, 7) is 0. The fourth-order valence-corrected chi connectivity index (χ4v) is 23.6. The predicted octanol–water partition coefficient (Wildman–Crippen LogP) is 38.6. The highest BCUT2D eigenvalue weighted by Crippen LogP contribution is 2.48. The van der Waals surface area contributed by atoms with Crippen molar-refractivity contribution in [3.8, 4) is 134 Å². The molecule has 0 saturated heterocycles. The van der Waals surface area contributed by atoms with Crippen LogP contribution < -0.4 is 0 Å². The molecule has 0 aliphatic carbocycles. The van der Waals surface area contributed by atoms with Gasteiger partial charge < -0.3 is 27.4 Å². The quantitative estimate of drug-likeness (QED) is 0.0979. The molecule has 0 amide bonds. The molecule has 0 N–H and O–H groups in total. The monoisotopic (exact) mass is 1910 g/mol. The SMILES string of the molecule is c1ccc(-c2ccc(-c3ccccc3)c(-n3c4ccccc4c4cc(-c5cccc(-n6c7ccccc7c7ccccc76)c5)ccc43)c2)cc1.c1ccc(-c2ccc(-n3c4ccccc4c4cc(-c5cccc(-n6c7ccccc7c7ccccc76)c5)ccc43)c(-c3ccccc3)c2)cc1.c1ccc(-c2cccc(-n3c4ccccc4c4cc(-c5cccc(-n6c7ccccc7c7ccccc76)c5)ccc43)c2-c2ccccc2)cc1. The molecule has 0 atom stereocenters. The lowest BCUT2D eigenvalue weighted by atomic mass is 9.93. The molecule has 6 nitrogen and oxygen atoms in total. The zero-order valence-electron chi connectivity index (χ0n) is 82.1. The van der Waals surface area contributed by atoms with E-state index in [4.69, 9.17) is 0 Å². The van der Waals surface area contributed by atoms with Crippen LogP contribution in [-0.2, 0) is 0 Å². The van der Waals surface area contributed by atoms with Gasteiger partial charge in [-0.15, -0.1) is 0 Å². The minimum absolute atomic E-state index is 1.16. The molecule has 0 aliphatic heterocycles. The van der Waals surface area contributed by atoms with E-state index < -0.39 is 0 Å². The van der Waals surface area contributed by atoms with E-state index in [0.29, 0.717) is 0 Å². The van der Waals surface area contributed by atoms with Gasteiger partial charge in [-0.05, 0) is 235 Å². The maximum absolute atomic E-state index is 2.46. The molecule has 0 radical (unpaired) electrons. The third-order valence-corrected chi connectivity index (χ3v) is 30.4. The van der Waals surface area contributed by atoms with Crippen LogP contribution in [0.1, 0.15) is 0 Å². The Labute approximate surface area is 868 Å². The van der Waals surface area contributed by atoms with E-state index in [-0.39, 0.29) is 0 Å². The second-order valence-electron chi connectivity index (χ2n) is 38.9. The van der Waals surface area contributed by atoms with Crippen molar-refractivity contribution >= 4 is 131 Å². The Kier molecular flexibility index (Phi) is 21.9. The molecule has 0 aliphatic rings. The van der Waals surface area contributed by atoms with Gasteiger partial charge in [0.25, 0.3) is 0 Å². The summed E-state index contributed by atoms with van der Waals surface area (Å²) in [6.07, 6.45) is 0. The van der Waals surface area contributed by atoms with Crippen LogP contribution in [0.25, 0.3) is 265 Å². The molecule has 702 valence electrons. The van der Waals surface area contributed by atoms with E-state index in [2.05, 4.69) is 610 Å².